The van der Waals surface area contributed by atoms with Crippen LogP contribution in [-0.2, 0) is 6.42 Å². The molecule has 2 aromatic rings. The monoisotopic (exact) mass is 292 g/mol. The molecule has 0 unspecified atom stereocenters. The minimum atomic E-state index is 0.466. The van der Waals surface area contributed by atoms with E-state index < -0.39 is 0 Å². The van der Waals surface area contributed by atoms with Crippen LogP contribution in [0.15, 0.2) is 23.3 Å². The number of rotatable bonds is 5. The molecular formula is C13H16N4O2S. The predicted molar refractivity (Wildman–Crippen MR) is 79.3 cm³/mol. The van der Waals surface area contributed by atoms with Crippen molar-refractivity contribution >= 4 is 18.4 Å². The Bertz CT molecular complexity index is 653. The van der Waals surface area contributed by atoms with E-state index in [4.69, 9.17) is 21.7 Å². The molecule has 0 aliphatic carbocycles. The Balaban J connectivity index is 2.35. The first-order chi connectivity index (χ1) is 9.67. The largest absolute Gasteiger partial charge is 0.497 e. The Hall–Kier alpha value is -2.15. The fourth-order valence-corrected chi connectivity index (χ4v) is 1.90. The van der Waals surface area contributed by atoms with E-state index in [1.54, 1.807) is 31.2 Å². The van der Waals surface area contributed by atoms with Crippen molar-refractivity contribution in [3.63, 3.8) is 0 Å². The van der Waals surface area contributed by atoms with Crippen molar-refractivity contribution in [3.05, 3.63) is 34.4 Å². The maximum atomic E-state index is 5.22. The predicted octanol–water partition coefficient (Wildman–Crippen LogP) is 2.40. The number of hydrogen-bond acceptors (Lipinski definition) is 5. The number of aromatic nitrogens is 3. The number of hydrogen-bond donors (Lipinski definition) is 1. The van der Waals surface area contributed by atoms with Crippen LogP contribution in [0.5, 0.6) is 11.5 Å². The van der Waals surface area contributed by atoms with Gasteiger partial charge in [0.15, 0.2) is 5.82 Å². The molecule has 0 aliphatic rings. The van der Waals surface area contributed by atoms with E-state index in [1.807, 2.05) is 19.1 Å². The Morgan fingerprint density at radius 3 is 2.50 bits per heavy atom. The van der Waals surface area contributed by atoms with Crippen LogP contribution in [0.3, 0.4) is 0 Å². The van der Waals surface area contributed by atoms with Crippen molar-refractivity contribution in [2.24, 2.45) is 5.10 Å². The number of aryl methyl sites for hydroxylation is 1. The molecule has 20 heavy (non-hydrogen) atoms. The minimum absolute atomic E-state index is 0.466. The van der Waals surface area contributed by atoms with Crippen LogP contribution in [0.2, 0.25) is 0 Å². The summed E-state index contributed by atoms with van der Waals surface area (Å²) in [5, 5.41) is 11.2. The van der Waals surface area contributed by atoms with Crippen LogP contribution in [0.4, 0.5) is 0 Å². The molecule has 0 saturated heterocycles. The third-order valence-corrected chi connectivity index (χ3v) is 2.99. The van der Waals surface area contributed by atoms with Crippen molar-refractivity contribution in [1.82, 2.24) is 14.9 Å². The first kappa shape index (κ1) is 14.3. The lowest BCUT2D eigenvalue weighted by Crippen LogP contribution is -1.98. The summed E-state index contributed by atoms with van der Waals surface area (Å²) in [5.74, 6) is 2.19. The van der Waals surface area contributed by atoms with Gasteiger partial charge in [0, 0.05) is 18.1 Å². The van der Waals surface area contributed by atoms with Gasteiger partial charge in [0.05, 0.1) is 20.4 Å². The third kappa shape index (κ3) is 3.05. The summed E-state index contributed by atoms with van der Waals surface area (Å²) in [6.07, 6.45) is 2.43. The van der Waals surface area contributed by atoms with Gasteiger partial charge in [-0.3, -0.25) is 5.10 Å². The summed E-state index contributed by atoms with van der Waals surface area (Å²) < 4.78 is 12.5. The Labute approximate surface area is 122 Å². The van der Waals surface area contributed by atoms with Gasteiger partial charge < -0.3 is 9.47 Å². The van der Waals surface area contributed by atoms with Crippen molar-refractivity contribution in [2.75, 3.05) is 14.2 Å². The summed E-state index contributed by atoms with van der Waals surface area (Å²) in [6.45, 7) is 1.99. The maximum Gasteiger partial charge on any atom is 0.216 e. The second-order valence-corrected chi connectivity index (χ2v) is 4.39. The average Bonchev–Trinajstić information content (AvgIpc) is 2.84. The molecule has 0 fully saturated rings. The molecule has 1 aromatic heterocycles. The summed E-state index contributed by atoms with van der Waals surface area (Å²) in [4.78, 5) is 0. The zero-order valence-electron chi connectivity index (χ0n) is 11.6. The Morgan fingerprint density at radius 1 is 1.30 bits per heavy atom. The average molecular weight is 292 g/mol. The fraction of sp³-hybridized carbons (Fsp3) is 0.308. The van der Waals surface area contributed by atoms with Crippen LogP contribution in [0, 0.1) is 4.77 Å². The van der Waals surface area contributed by atoms with E-state index >= 15 is 0 Å². The molecule has 0 amide bonds. The van der Waals surface area contributed by atoms with E-state index in [0.29, 0.717) is 16.3 Å². The number of H-pyrrole nitrogens is 1. The Morgan fingerprint density at radius 2 is 1.95 bits per heavy atom. The molecule has 0 spiro atoms. The highest BCUT2D eigenvalue weighted by atomic mass is 32.1. The van der Waals surface area contributed by atoms with E-state index in [2.05, 4.69) is 15.3 Å². The lowest BCUT2D eigenvalue weighted by Gasteiger charge is -2.05. The van der Waals surface area contributed by atoms with Crippen LogP contribution in [-0.4, -0.2) is 35.3 Å². The molecule has 6 nitrogen and oxygen atoms in total. The van der Waals surface area contributed by atoms with E-state index in [0.717, 1.165) is 17.8 Å². The zero-order valence-corrected chi connectivity index (χ0v) is 12.4. The maximum absolute atomic E-state index is 5.22. The minimum Gasteiger partial charge on any atom is -0.497 e. The van der Waals surface area contributed by atoms with Gasteiger partial charge >= 0.3 is 0 Å². The van der Waals surface area contributed by atoms with Gasteiger partial charge in [0.2, 0.25) is 4.77 Å². The zero-order chi connectivity index (χ0) is 14.5. The third-order valence-electron chi connectivity index (χ3n) is 2.73. The summed E-state index contributed by atoms with van der Waals surface area (Å²) in [5.41, 5.74) is 0.853. The molecule has 7 heteroatoms. The van der Waals surface area contributed by atoms with Crippen molar-refractivity contribution in [2.45, 2.75) is 13.3 Å². The van der Waals surface area contributed by atoms with Crippen LogP contribution in [0.1, 0.15) is 18.3 Å². The van der Waals surface area contributed by atoms with E-state index in [-0.39, 0.29) is 0 Å². The molecule has 1 N–H and O–H groups in total. The number of nitrogens with zero attached hydrogens (tertiary/aromatic N) is 3. The molecule has 0 atom stereocenters. The molecule has 0 bridgehead atoms. The molecular weight excluding hydrogens is 276 g/mol. The SMILES string of the molecule is CCc1n[nH]c(=S)n1/N=C/c1cc(OC)cc(OC)c1. The second kappa shape index (κ2) is 6.33. The fourth-order valence-electron chi connectivity index (χ4n) is 1.70. The van der Waals surface area contributed by atoms with Crippen LogP contribution in [0.25, 0.3) is 0 Å². The van der Waals surface area contributed by atoms with Gasteiger partial charge in [-0.2, -0.15) is 14.9 Å². The molecule has 0 radical (unpaired) electrons. The van der Waals surface area contributed by atoms with Crippen molar-refractivity contribution in [3.8, 4) is 11.5 Å². The standard InChI is InChI=1S/C13H16N4O2S/c1-4-12-15-16-13(20)17(12)14-8-9-5-10(18-2)7-11(6-9)19-3/h5-8H,4H2,1-3H3,(H,16,20)/b14-8+. The second-order valence-electron chi connectivity index (χ2n) is 4.00. The van der Waals surface area contributed by atoms with Crippen LogP contribution >= 0.6 is 12.2 Å². The van der Waals surface area contributed by atoms with Gasteiger partial charge in [-0.25, -0.2) is 0 Å². The summed E-state index contributed by atoms with van der Waals surface area (Å²) in [7, 11) is 3.22. The van der Waals surface area contributed by atoms with Gasteiger partial charge in [-0.05, 0) is 24.4 Å². The molecule has 1 aromatic carbocycles. The number of methoxy groups -OCH3 is 2. The van der Waals surface area contributed by atoms with Gasteiger partial charge in [-0.15, -0.1) is 0 Å². The Kier molecular flexibility index (Phi) is 4.52. The molecule has 2 rings (SSSR count). The first-order valence-corrected chi connectivity index (χ1v) is 6.52. The lowest BCUT2D eigenvalue weighted by atomic mass is 10.2. The van der Waals surface area contributed by atoms with Gasteiger partial charge in [-0.1, -0.05) is 6.92 Å². The normalized spacial score (nSPS) is 10.9. The summed E-state index contributed by atoms with van der Waals surface area (Å²) in [6, 6.07) is 5.53. The molecule has 1 heterocycles. The van der Waals surface area contributed by atoms with Crippen molar-refractivity contribution < 1.29 is 9.47 Å². The highest BCUT2D eigenvalue weighted by Gasteiger charge is 2.03. The van der Waals surface area contributed by atoms with Crippen molar-refractivity contribution in [1.29, 1.82) is 0 Å². The number of nitrogens with one attached hydrogen (secondary N) is 1. The van der Waals surface area contributed by atoms with Gasteiger partial charge in [0.1, 0.15) is 11.5 Å². The highest BCUT2D eigenvalue weighted by molar-refractivity contribution is 7.71. The molecule has 0 saturated carbocycles. The number of ether oxygens (including phenoxy) is 2. The topological polar surface area (TPSA) is 64.4 Å². The molecule has 106 valence electrons. The molecule has 0 aliphatic heterocycles. The summed E-state index contributed by atoms with van der Waals surface area (Å²) >= 11 is 5.13. The lowest BCUT2D eigenvalue weighted by molar-refractivity contribution is 0.394. The smallest absolute Gasteiger partial charge is 0.216 e. The highest BCUT2D eigenvalue weighted by Crippen LogP contribution is 2.21. The van der Waals surface area contributed by atoms with Crippen LogP contribution < -0.4 is 9.47 Å². The number of benzene rings is 1. The quantitative estimate of drug-likeness (QED) is 0.679. The van der Waals surface area contributed by atoms with Gasteiger partial charge in [0.25, 0.3) is 0 Å². The first-order valence-electron chi connectivity index (χ1n) is 6.11. The number of aromatic amines is 1. The van der Waals surface area contributed by atoms with E-state index in [9.17, 15) is 0 Å². The van der Waals surface area contributed by atoms with E-state index in [1.165, 1.54) is 0 Å².